The summed E-state index contributed by atoms with van der Waals surface area (Å²) in [6, 6.07) is 0. The molecule has 1 amide bonds. The summed E-state index contributed by atoms with van der Waals surface area (Å²) in [5.74, 6) is 1.20. The van der Waals surface area contributed by atoms with Gasteiger partial charge in [-0.1, -0.05) is 0 Å². The molecular formula is C15H26N2O3. The lowest BCUT2D eigenvalue weighted by Crippen LogP contribution is -2.45. The molecule has 0 bridgehead atoms. The number of piperidine rings is 1. The number of morpholine rings is 1. The van der Waals surface area contributed by atoms with Crippen molar-refractivity contribution < 1.29 is 14.3 Å². The number of hydrogen-bond donors (Lipinski definition) is 0. The van der Waals surface area contributed by atoms with Crippen LogP contribution in [0.1, 0.15) is 19.3 Å². The Hall–Kier alpha value is -0.650. The number of hydrogen-bond acceptors (Lipinski definition) is 4. The van der Waals surface area contributed by atoms with Crippen LogP contribution in [0.2, 0.25) is 0 Å². The Morgan fingerprint density at radius 2 is 1.70 bits per heavy atom. The minimum absolute atomic E-state index is 0.130. The maximum absolute atomic E-state index is 12.3. The Labute approximate surface area is 121 Å². The molecule has 20 heavy (non-hydrogen) atoms. The minimum Gasteiger partial charge on any atom is -0.381 e. The summed E-state index contributed by atoms with van der Waals surface area (Å²) in [6.45, 7) is 8.32. The van der Waals surface area contributed by atoms with Crippen molar-refractivity contribution in [3.63, 3.8) is 0 Å². The van der Waals surface area contributed by atoms with Crippen molar-refractivity contribution in [2.75, 3.05) is 59.2 Å². The van der Waals surface area contributed by atoms with Crippen LogP contribution in [0.25, 0.3) is 0 Å². The summed E-state index contributed by atoms with van der Waals surface area (Å²) < 4.78 is 10.7. The number of likely N-dealkylation sites (tertiary alicyclic amines) is 1. The second-order valence-electron chi connectivity index (χ2n) is 6.24. The first kappa shape index (κ1) is 14.3. The van der Waals surface area contributed by atoms with E-state index in [2.05, 4.69) is 9.80 Å². The summed E-state index contributed by atoms with van der Waals surface area (Å²) in [6.07, 6.45) is 3.21. The molecular weight excluding hydrogens is 256 g/mol. The van der Waals surface area contributed by atoms with Gasteiger partial charge in [0.2, 0.25) is 5.91 Å². The zero-order valence-corrected chi connectivity index (χ0v) is 12.3. The molecule has 0 N–H and O–H groups in total. The molecule has 0 saturated carbocycles. The molecule has 3 fully saturated rings. The van der Waals surface area contributed by atoms with Crippen LogP contribution in [-0.4, -0.2) is 74.9 Å². The standard InChI is InChI=1S/C15H26N2O3/c18-15(14-3-8-20-12-14)17-4-1-13(2-5-17)11-16-6-9-19-10-7-16/h13-14H,1-12H2. The van der Waals surface area contributed by atoms with Gasteiger partial charge in [-0.2, -0.15) is 0 Å². The number of carbonyl (C=O) groups is 1. The van der Waals surface area contributed by atoms with Crippen LogP contribution in [0.4, 0.5) is 0 Å². The molecule has 5 heteroatoms. The van der Waals surface area contributed by atoms with Gasteiger partial charge in [-0.3, -0.25) is 9.69 Å². The largest absolute Gasteiger partial charge is 0.381 e. The molecule has 0 radical (unpaired) electrons. The van der Waals surface area contributed by atoms with Crippen molar-refractivity contribution in [2.45, 2.75) is 19.3 Å². The average Bonchev–Trinajstić information content (AvgIpc) is 3.03. The molecule has 0 aromatic carbocycles. The summed E-state index contributed by atoms with van der Waals surface area (Å²) in [7, 11) is 0. The Morgan fingerprint density at radius 3 is 2.35 bits per heavy atom. The highest BCUT2D eigenvalue weighted by atomic mass is 16.5. The van der Waals surface area contributed by atoms with Crippen molar-refractivity contribution in [1.29, 1.82) is 0 Å². The van der Waals surface area contributed by atoms with Crippen molar-refractivity contribution in [1.82, 2.24) is 9.80 Å². The van der Waals surface area contributed by atoms with Gasteiger partial charge in [0.15, 0.2) is 0 Å². The average molecular weight is 282 g/mol. The predicted octanol–water partition coefficient (Wildman–Crippen LogP) is 0.594. The van der Waals surface area contributed by atoms with E-state index in [1.165, 1.54) is 6.54 Å². The lowest BCUT2D eigenvalue weighted by Gasteiger charge is -2.36. The van der Waals surface area contributed by atoms with Gasteiger partial charge in [-0.25, -0.2) is 0 Å². The lowest BCUT2D eigenvalue weighted by atomic mass is 9.94. The third-order valence-electron chi connectivity index (χ3n) is 4.83. The first-order chi connectivity index (χ1) is 9.83. The van der Waals surface area contributed by atoms with Crippen molar-refractivity contribution in [2.24, 2.45) is 11.8 Å². The van der Waals surface area contributed by atoms with Crippen molar-refractivity contribution >= 4 is 5.91 Å². The number of ether oxygens (including phenoxy) is 2. The van der Waals surface area contributed by atoms with E-state index in [4.69, 9.17) is 9.47 Å². The molecule has 3 aliphatic rings. The molecule has 1 atom stereocenters. The highest BCUT2D eigenvalue weighted by Crippen LogP contribution is 2.22. The highest BCUT2D eigenvalue weighted by molar-refractivity contribution is 5.79. The third kappa shape index (κ3) is 3.51. The molecule has 0 aliphatic carbocycles. The lowest BCUT2D eigenvalue weighted by molar-refractivity contribution is -0.137. The molecule has 3 rings (SSSR count). The van der Waals surface area contributed by atoms with E-state index in [1.807, 2.05) is 0 Å². The van der Waals surface area contributed by atoms with E-state index in [-0.39, 0.29) is 5.92 Å². The Bertz CT molecular complexity index is 317. The molecule has 0 aromatic rings. The SMILES string of the molecule is O=C(C1CCOC1)N1CCC(CN2CCOCC2)CC1. The number of carbonyl (C=O) groups excluding carboxylic acids is 1. The van der Waals surface area contributed by atoms with Gasteiger partial charge in [0, 0.05) is 39.3 Å². The fraction of sp³-hybridized carbons (Fsp3) is 0.933. The minimum atomic E-state index is 0.130. The van der Waals surface area contributed by atoms with Crippen molar-refractivity contribution in [3.05, 3.63) is 0 Å². The molecule has 3 saturated heterocycles. The van der Waals surface area contributed by atoms with E-state index >= 15 is 0 Å². The highest BCUT2D eigenvalue weighted by Gasteiger charge is 2.31. The van der Waals surface area contributed by atoms with Gasteiger partial charge in [0.05, 0.1) is 25.7 Å². The number of rotatable bonds is 3. The van der Waals surface area contributed by atoms with E-state index in [0.717, 1.165) is 71.2 Å². The summed E-state index contributed by atoms with van der Waals surface area (Å²) in [4.78, 5) is 16.9. The Balaban J connectivity index is 1.40. The first-order valence-electron chi connectivity index (χ1n) is 7.99. The Kier molecular flexibility index (Phi) is 4.91. The molecule has 3 heterocycles. The molecule has 5 nitrogen and oxygen atoms in total. The normalized spacial score (nSPS) is 29.8. The summed E-state index contributed by atoms with van der Waals surface area (Å²) in [5.41, 5.74) is 0. The van der Waals surface area contributed by atoms with Crippen LogP contribution in [0.3, 0.4) is 0 Å². The second kappa shape index (κ2) is 6.87. The molecule has 1 unspecified atom stereocenters. The van der Waals surface area contributed by atoms with Crippen LogP contribution in [-0.2, 0) is 14.3 Å². The van der Waals surface area contributed by atoms with Gasteiger partial charge < -0.3 is 14.4 Å². The second-order valence-corrected chi connectivity index (χ2v) is 6.24. The van der Waals surface area contributed by atoms with Crippen LogP contribution < -0.4 is 0 Å². The molecule has 0 spiro atoms. The maximum Gasteiger partial charge on any atom is 0.228 e. The quantitative estimate of drug-likeness (QED) is 0.760. The summed E-state index contributed by atoms with van der Waals surface area (Å²) >= 11 is 0. The maximum atomic E-state index is 12.3. The van der Waals surface area contributed by atoms with Gasteiger partial charge in [-0.05, 0) is 25.2 Å². The summed E-state index contributed by atoms with van der Waals surface area (Å²) in [5, 5.41) is 0. The molecule has 0 aromatic heterocycles. The third-order valence-corrected chi connectivity index (χ3v) is 4.83. The fourth-order valence-corrected chi connectivity index (χ4v) is 3.47. The number of amides is 1. The predicted molar refractivity (Wildman–Crippen MR) is 75.5 cm³/mol. The topological polar surface area (TPSA) is 42.0 Å². The zero-order chi connectivity index (χ0) is 13.8. The van der Waals surface area contributed by atoms with Crippen molar-refractivity contribution in [3.8, 4) is 0 Å². The van der Waals surface area contributed by atoms with Crippen LogP contribution >= 0.6 is 0 Å². The monoisotopic (exact) mass is 282 g/mol. The van der Waals surface area contributed by atoms with E-state index < -0.39 is 0 Å². The zero-order valence-electron chi connectivity index (χ0n) is 12.3. The van der Waals surface area contributed by atoms with Crippen LogP contribution in [0.5, 0.6) is 0 Å². The fourth-order valence-electron chi connectivity index (χ4n) is 3.47. The van der Waals surface area contributed by atoms with Crippen LogP contribution in [0.15, 0.2) is 0 Å². The van der Waals surface area contributed by atoms with E-state index in [1.54, 1.807) is 0 Å². The first-order valence-corrected chi connectivity index (χ1v) is 7.99. The van der Waals surface area contributed by atoms with E-state index in [0.29, 0.717) is 12.5 Å². The number of nitrogens with zero attached hydrogens (tertiary/aromatic N) is 2. The molecule has 3 aliphatic heterocycles. The van der Waals surface area contributed by atoms with E-state index in [9.17, 15) is 4.79 Å². The Morgan fingerprint density at radius 1 is 0.950 bits per heavy atom. The van der Waals surface area contributed by atoms with Crippen LogP contribution in [0, 0.1) is 11.8 Å². The van der Waals surface area contributed by atoms with Gasteiger partial charge in [-0.15, -0.1) is 0 Å². The van der Waals surface area contributed by atoms with Gasteiger partial charge in [0.25, 0.3) is 0 Å². The smallest absolute Gasteiger partial charge is 0.228 e. The molecule has 114 valence electrons. The van der Waals surface area contributed by atoms with Gasteiger partial charge >= 0.3 is 0 Å². The van der Waals surface area contributed by atoms with Gasteiger partial charge in [0.1, 0.15) is 0 Å².